The summed E-state index contributed by atoms with van der Waals surface area (Å²) in [6.45, 7) is 3.82. The van der Waals surface area contributed by atoms with Crippen molar-refractivity contribution >= 4 is 5.91 Å². The van der Waals surface area contributed by atoms with Gasteiger partial charge in [0.05, 0.1) is 12.1 Å². The Kier molecular flexibility index (Phi) is 5.99. The lowest BCUT2D eigenvalue weighted by Gasteiger charge is -2.13. The van der Waals surface area contributed by atoms with E-state index in [1.165, 1.54) is 0 Å². The van der Waals surface area contributed by atoms with E-state index < -0.39 is 6.04 Å². The highest BCUT2D eigenvalue weighted by molar-refractivity contribution is 5.81. The van der Waals surface area contributed by atoms with Gasteiger partial charge in [0.2, 0.25) is 5.91 Å². The molecular formula is C10H18N2O. The van der Waals surface area contributed by atoms with Crippen molar-refractivity contribution in [3.63, 3.8) is 0 Å². The lowest BCUT2D eigenvalue weighted by atomic mass is 10.1. The van der Waals surface area contributed by atoms with Crippen LogP contribution in [-0.4, -0.2) is 18.0 Å². The molecule has 13 heavy (non-hydrogen) atoms. The Bertz CT molecular complexity index is 196. The summed E-state index contributed by atoms with van der Waals surface area (Å²) < 4.78 is 0. The molecule has 1 amide bonds. The Hall–Kier alpha value is -1.01. The van der Waals surface area contributed by atoms with Crippen LogP contribution in [0.4, 0.5) is 0 Å². The highest BCUT2D eigenvalue weighted by Crippen LogP contribution is 1.98. The molecule has 0 saturated carbocycles. The summed E-state index contributed by atoms with van der Waals surface area (Å²) in [5.74, 6) is 2.27. The molecule has 0 aromatic heterocycles. The Balaban J connectivity index is 3.77. The molecule has 0 saturated heterocycles. The zero-order valence-corrected chi connectivity index (χ0v) is 8.34. The van der Waals surface area contributed by atoms with Crippen LogP contribution < -0.4 is 11.1 Å². The number of carbonyl (C=O) groups is 1. The average Bonchev–Trinajstić information content (AvgIpc) is 2.13. The summed E-state index contributed by atoms with van der Waals surface area (Å²) in [7, 11) is 0. The molecule has 1 unspecified atom stereocenters. The monoisotopic (exact) mass is 182 g/mol. The van der Waals surface area contributed by atoms with Crippen LogP contribution in [0, 0.1) is 12.3 Å². The maximum Gasteiger partial charge on any atom is 0.237 e. The predicted molar refractivity (Wildman–Crippen MR) is 53.9 cm³/mol. The van der Waals surface area contributed by atoms with Crippen molar-refractivity contribution in [2.75, 3.05) is 0 Å². The molecule has 0 aliphatic heterocycles. The van der Waals surface area contributed by atoms with E-state index in [9.17, 15) is 4.79 Å². The summed E-state index contributed by atoms with van der Waals surface area (Å²) in [4.78, 5) is 11.3. The van der Waals surface area contributed by atoms with Gasteiger partial charge in [-0.25, -0.2) is 0 Å². The zero-order chi connectivity index (χ0) is 10.3. The van der Waals surface area contributed by atoms with Crippen molar-refractivity contribution < 1.29 is 4.79 Å². The van der Waals surface area contributed by atoms with Crippen LogP contribution in [0.5, 0.6) is 0 Å². The molecule has 74 valence electrons. The van der Waals surface area contributed by atoms with Gasteiger partial charge in [0.1, 0.15) is 0 Å². The quantitative estimate of drug-likeness (QED) is 0.613. The number of unbranched alkanes of at least 4 members (excludes halogenated alkanes) is 1. The van der Waals surface area contributed by atoms with Crippen molar-refractivity contribution in [3.8, 4) is 12.3 Å². The van der Waals surface area contributed by atoms with E-state index in [1.54, 1.807) is 6.92 Å². The van der Waals surface area contributed by atoms with Gasteiger partial charge in [-0.15, -0.1) is 6.42 Å². The first-order chi connectivity index (χ1) is 6.11. The first-order valence-electron chi connectivity index (χ1n) is 4.63. The van der Waals surface area contributed by atoms with Gasteiger partial charge in [0.25, 0.3) is 0 Å². The Morgan fingerprint density at radius 2 is 2.31 bits per heavy atom. The third kappa shape index (κ3) is 5.26. The average molecular weight is 182 g/mol. The Labute approximate surface area is 80.1 Å². The molecule has 0 heterocycles. The molecule has 0 spiro atoms. The van der Waals surface area contributed by atoms with Crippen LogP contribution in [-0.2, 0) is 4.79 Å². The lowest BCUT2D eigenvalue weighted by molar-refractivity contribution is -0.122. The number of hydrogen-bond donors (Lipinski definition) is 2. The van der Waals surface area contributed by atoms with E-state index in [0.717, 1.165) is 19.3 Å². The number of amides is 1. The van der Waals surface area contributed by atoms with Crippen LogP contribution >= 0.6 is 0 Å². The molecule has 0 aliphatic rings. The minimum Gasteiger partial charge on any atom is -0.341 e. The summed E-state index contributed by atoms with van der Waals surface area (Å²) in [6, 6.07) is -0.657. The van der Waals surface area contributed by atoms with Gasteiger partial charge in [-0.3, -0.25) is 4.79 Å². The number of nitrogens with one attached hydrogen (secondary N) is 1. The summed E-state index contributed by atoms with van der Waals surface area (Å²) in [6.07, 6.45) is 7.86. The van der Waals surface area contributed by atoms with E-state index in [4.69, 9.17) is 12.2 Å². The van der Waals surface area contributed by atoms with Crippen LogP contribution in [0.3, 0.4) is 0 Å². The molecule has 3 heteroatoms. The molecule has 0 aromatic carbocycles. The normalized spacial score (nSPS) is 14.3. The number of hydrogen-bond acceptors (Lipinski definition) is 2. The van der Waals surface area contributed by atoms with E-state index in [2.05, 4.69) is 18.2 Å². The molecule has 3 N–H and O–H groups in total. The molecule has 0 aromatic rings. The number of terminal acetylenes is 1. The first kappa shape index (κ1) is 12.0. The standard InChI is InChI=1S/C10H18N2O/c1-4-6-7-9(11)10(13)12-8(3)5-2/h2,8-9H,4,6-7,11H2,1,3H3,(H,12,13)/t8?,9-/m0/s1. The third-order valence-electron chi connectivity index (χ3n) is 1.81. The van der Waals surface area contributed by atoms with E-state index in [0.29, 0.717) is 0 Å². The summed E-state index contributed by atoms with van der Waals surface area (Å²) in [5.41, 5.74) is 5.63. The van der Waals surface area contributed by atoms with Crippen molar-refractivity contribution in [3.05, 3.63) is 0 Å². The highest BCUT2D eigenvalue weighted by atomic mass is 16.2. The SMILES string of the molecule is C#CC(C)NC(=O)[C@@H](N)CCCC. The van der Waals surface area contributed by atoms with Crippen LogP contribution in [0.2, 0.25) is 0 Å². The molecule has 0 rings (SSSR count). The predicted octanol–water partition coefficient (Wildman–Crippen LogP) is 0.642. The first-order valence-corrected chi connectivity index (χ1v) is 4.63. The second kappa shape index (κ2) is 6.50. The van der Waals surface area contributed by atoms with Gasteiger partial charge < -0.3 is 11.1 Å². The fourth-order valence-electron chi connectivity index (χ4n) is 0.917. The van der Waals surface area contributed by atoms with Gasteiger partial charge in [0.15, 0.2) is 0 Å². The van der Waals surface area contributed by atoms with Crippen molar-refractivity contribution in [2.45, 2.75) is 45.2 Å². The maximum absolute atomic E-state index is 11.3. The van der Waals surface area contributed by atoms with Gasteiger partial charge in [-0.1, -0.05) is 25.7 Å². The minimum atomic E-state index is -0.421. The van der Waals surface area contributed by atoms with E-state index in [-0.39, 0.29) is 11.9 Å². The zero-order valence-electron chi connectivity index (χ0n) is 8.34. The highest BCUT2D eigenvalue weighted by Gasteiger charge is 2.13. The molecule has 0 bridgehead atoms. The largest absolute Gasteiger partial charge is 0.341 e. The number of rotatable bonds is 5. The van der Waals surface area contributed by atoms with Crippen molar-refractivity contribution in [1.29, 1.82) is 0 Å². The van der Waals surface area contributed by atoms with Gasteiger partial charge in [0, 0.05) is 0 Å². The van der Waals surface area contributed by atoms with Crippen LogP contribution in [0.15, 0.2) is 0 Å². The summed E-state index contributed by atoms with van der Waals surface area (Å²) >= 11 is 0. The van der Waals surface area contributed by atoms with Gasteiger partial charge in [-0.05, 0) is 13.3 Å². The lowest BCUT2D eigenvalue weighted by Crippen LogP contribution is -2.43. The molecule has 0 radical (unpaired) electrons. The van der Waals surface area contributed by atoms with Crippen LogP contribution in [0.1, 0.15) is 33.1 Å². The van der Waals surface area contributed by atoms with Gasteiger partial charge in [-0.2, -0.15) is 0 Å². The molecule has 0 aliphatic carbocycles. The smallest absolute Gasteiger partial charge is 0.237 e. The fourth-order valence-corrected chi connectivity index (χ4v) is 0.917. The third-order valence-corrected chi connectivity index (χ3v) is 1.81. The van der Waals surface area contributed by atoms with Crippen molar-refractivity contribution in [1.82, 2.24) is 5.32 Å². The Morgan fingerprint density at radius 3 is 2.77 bits per heavy atom. The maximum atomic E-state index is 11.3. The molecule has 2 atom stereocenters. The van der Waals surface area contributed by atoms with Crippen LogP contribution in [0.25, 0.3) is 0 Å². The Morgan fingerprint density at radius 1 is 1.69 bits per heavy atom. The summed E-state index contributed by atoms with van der Waals surface area (Å²) in [5, 5.41) is 2.64. The molecular weight excluding hydrogens is 164 g/mol. The second-order valence-electron chi connectivity index (χ2n) is 3.15. The fraction of sp³-hybridized carbons (Fsp3) is 0.700. The second-order valence-corrected chi connectivity index (χ2v) is 3.15. The van der Waals surface area contributed by atoms with Crippen molar-refractivity contribution in [2.24, 2.45) is 5.73 Å². The van der Waals surface area contributed by atoms with E-state index >= 15 is 0 Å². The number of carbonyl (C=O) groups excluding carboxylic acids is 1. The molecule has 0 fully saturated rings. The van der Waals surface area contributed by atoms with E-state index in [1.807, 2.05) is 0 Å². The number of nitrogens with two attached hydrogens (primary N) is 1. The van der Waals surface area contributed by atoms with Gasteiger partial charge >= 0.3 is 0 Å². The molecule has 3 nitrogen and oxygen atoms in total. The minimum absolute atomic E-state index is 0.154. The topological polar surface area (TPSA) is 55.1 Å².